The zero-order valence-corrected chi connectivity index (χ0v) is 30.6. The number of amides is 1. The minimum absolute atomic E-state index is 0.0524. The monoisotopic (exact) mass is 717 g/mol. The number of carbonyl (C=O) groups excluding carboxylic acids is 1. The number of halogens is 3. The smallest absolute Gasteiger partial charge is 0.399 e. The fourth-order valence-corrected chi connectivity index (χ4v) is 6.97. The summed E-state index contributed by atoms with van der Waals surface area (Å²) < 4.78 is 55.2. The highest BCUT2D eigenvalue weighted by atomic mass is 32.2. The van der Waals surface area contributed by atoms with Gasteiger partial charge in [0.15, 0.2) is 0 Å². The molecule has 3 atom stereocenters. The van der Waals surface area contributed by atoms with E-state index in [1.807, 2.05) is 44.2 Å². The first-order valence-corrected chi connectivity index (χ1v) is 18.4. The van der Waals surface area contributed by atoms with E-state index in [-0.39, 0.29) is 31.6 Å². The van der Waals surface area contributed by atoms with E-state index < -0.39 is 40.4 Å². The van der Waals surface area contributed by atoms with Crippen molar-refractivity contribution in [1.29, 1.82) is 0 Å². The molecule has 6 N–H and O–H groups in total. The summed E-state index contributed by atoms with van der Waals surface area (Å²) in [5, 5.41) is 20.7. The van der Waals surface area contributed by atoms with E-state index in [0.717, 1.165) is 30.0 Å². The first-order chi connectivity index (χ1) is 23.6. The van der Waals surface area contributed by atoms with E-state index in [2.05, 4.69) is 36.7 Å². The number of alkyl halides is 3. The molecule has 0 spiro atoms. The quantitative estimate of drug-likeness (QED) is 0.0886. The number of carbonyl (C=O) groups is 1. The molecule has 1 saturated carbocycles. The van der Waals surface area contributed by atoms with Crippen molar-refractivity contribution in [3.05, 3.63) is 95.6 Å². The minimum atomic E-state index is -4.44. The minimum Gasteiger partial charge on any atom is -0.399 e. The second kappa shape index (κ2) is 19.4. The van der Waals surface area contributed by atoms with Crippen molar-refractivity contribution in [2.45, 2.75) is 89.1 Å². The van der Waals surface area contributed by atoms with E-state index in [9.17, 15) is 27.3 Å². The molecule has 1 unspecified atom stereocenters. The number of hydrogen-bond acceptors (Lipinski definition) is 6. The van der Waals surface area contributed by atoms with Crippen LogP contribution in [0.25, 0.3) is 0 Å². The number of nitrogens with zero attached hydrogens (tertiary/aromatic N) is 1. The predicted octanol–water partition coefficient (Wildman–Crippen LogP) is 6.24. The number of aliphatic hydroxyl groups is 1. The molecule has 0 radical (unpaired) electrons. The van der Waals surface area contributed by atoms with E-state index in [1.165, 1.54) is 6.07 Å². The lowest BCUT2D eigenvalue weighted by molar-refractivity contribution is -0.137. The Morgan fingerprint density at radius 1 is 0.960 bits per heavy atom. The number of hydrogen-bond donors (Lipinski definition) is 5. The maximum Gasteiger partial charge on any atom is 0.416 e. The molecular weight excluding hydrogens is 664 g/mol. The average molecular weight is 718 g/mol. The molecule has 0 aliphatic heterocycles. The highest BCUT2D eigenvalue weighted by molar-refractivity contribution is 7.82. The van der Waals surface area contributed by atoms with Crippen molar-refractivity contribution in [2.75, 3.05) is 32.0 Å². The normalized spacial score (nSPS) is 15.9. The summed E-state index contributed by atoms with van der Waals surface area (Å²) in [4.78, 5) is 13.4. The summed E-state index contributed by atoms with van der Waals surface area (Å²) in [6.45, 7) is 11.1. The summed E-state index contributed by atoms with van der Waals surface area (Å²) in [5.41, 5.74) is 6.49. The molecule has 1 aliphatic rings. The van der Waals surface area contributed by atoms with Gasteiger partial charge in [0.25, 0.3) is 0 Å². The van der Waals surface area contributed by atoms with Gasteiger partial charge >= 0.3 is 6.18 Å². The molecular formula is C38H54F3N5O3S. The van der Waals surface area contributed by atoms with Gasteiger partial charge in [0.2, 0.25) is 5.91 Å². The largest absolute Gasteiger partial charge is 0.416 e. The lowest BCUT2D eigenvalue weighted by Gasteiger charge is -2.43. The number of aliphatic hydroxyl groups excluding tert-OH is 1. The Morgan fingerprint density at radius 2 is 1.60 bits per heavy atom. The van der Waals surface area contributed by atoms with Crippen LogP contribution in [0.5, 0.6) is 0 Å². The number of nitrogen functional groups attached to an aromatic ring is 1. The van der Waals surface area contributed by atoms with E-state index in [4.69, 9.17) is 5.73 Å². The number of anilines is 1. The molecule has 0 bridgehead atoms. The molecule has 4 rings (SSSR count). The van der Waals surface area contributed by atoms with Gasteiger partial charge in [-0.2, -0.15) is 13.2 Å². The van der Waals surface area contributed by atoms with Gasteiger partial charge in [0.1, 0.15) is 11.0 Å². The molecule has 1 amide bonds. The second-order valence-electron chi connectivity index (χ2n) is 14.0. The first-order valence-electron chi connectivity index (χ1n) is 17.3. The summed E-state index contributed by atoms with van der Waals surface area (Å²) in [5.74, 6) is 0.691. The van der Waals surface area contributed by atoms with Gasteiger partial charge in [-0.1, -0.05) is 77.1 Å². The van der Waals surface area contributed by atoms with Gasteiger partial charge in [-0.3, -0.25) is 15.4 Å². The van der Waals surface area contributed by atoms with E-state index in [1.54, 1.807) is 34.6 Å². The third-order valence-corrected chi connectivity index (χ3v) is 9.67. The highest BCUT2D eigenvalue weighted by Gasteiger charge is 2.40. The molecule has 8 nitrogen and oxygen atoms in total. The van der Waals surface area contributed by atoms with Crippen LogP contribution >= 0.6 is 0 Å². The van der Waals surface area contributed by atoms with Crippen molar-refractivity contribution in [3.63, 3.8) is 0 Å². The molecule has 50 heavy (non-hydrogen) atoms. The second-order valence-corrected chi connectivity index (χ2v) is 15.5. The topological polar surface area (TPSA) is 120 Å². The SMILES string of the molecule is CC(C)C.CC(C)CN(C[C@@H](O)[C@H](Cc1ccccc1)NCNC(=O)CNC1(c2cccc(C(F)(F)F)c2)CCC1)S(=O)c1ccc(N)cc1. The lowest BCUT2D eigenvalue weighted by atomic mass is 9.71. The molecule has 3 aromatic carbocycles. The van der Waals surface area contributed by atoms with Gasteiger partial charge in [-0.15, -0.1) is 0 Å². The van der Waals surface area contributed by atoms with Crippen molar-refractivity contribution in [3.8, 4) is 0 Å². The van der Waals surface area contributed by atoms with Crippen LogP contribution in [0.1, 0.15) is 70.6 Å². The third-order valence-electron chi connectivity index (χ3n) is 8.23. The van der Waals surface area contributed by atoms with Crippen LogP contribution in [0.3, 0.4) is 0 Å². The third kappa shape index (κ3) is 13.1. The van der Waals surface area contributed by atoms with E-state index >= 15 is 0 Å². The maximum atomic E-state index is 13.5. The lowest BCUT2D eigenvalue weighted by Crippen LogP contribution is -2.54. The predicted molar refractivity (Wildman–Crippen MR) is 195 cm³/mol. The number of nitrogens with one attached hydrogen (secondary N) is 3. The Balaban J connectivity index is 0.00000160. The summed E-state index contributed by atoms with van der Waals surface area (Å²) >= 11 is 0. The fourth-order valence-electron chi connectivity index (χ4n) is 5.58. The van der Waals surface area contributed by atoms with Gasteiger partial charge in [-0.05, 0) is 85.0 Å². The Kier molecular flexibility index (Phi) is 15.9. The zero-order valence-electron chi connectivity index (χ0n) is 29.8. The van der Waals surface area contributed by atoms with Crippen molar-refractivity contribution in [2.24, 2.45) is 11.8 Å². The van der Waals surface area contributed by atoms with Crippen molar-refractivity contribution < 1.29 is 27.3 Å². The number of benzene rings is 3. The Hall–Kier alpha value is -3.29. The van der Waals surface area contributed by atoms with Crippen LogP contribution in [0, 0.1) is 11.8 Å². The molecule has 12 heteroatoms. The molecule has 0 heterocycles. The summed E-state index contributed by atoms with van der Waals surface area (Å²) in [6, 6.07) is 21.2. The first kappa shape index (κ1) is 41.1. The summed E-state index contributed by atoms with van der Waals surface area (Å²) in [6.07, 6.45) is -2.81. The van der Waals surface area contributed by atoms with Gasteiger partial charge in [0, 0.05) is 30.4 Å². The Bertz CT molecular complexity index is 1480. The molecule has 1 aliphatic carbocycles. The highest BCUT2D eigenvalue weighted by Crippen LogP contribution is 2.42. The van der Waals surface area contributed by atoms with Gasteiger partial charge in [-0.25, -0.2) is 8.51 Å². The zero-order chi connectivity index (χ0) is 36.9. The number of nitrogens with two attached hydrogens (primary N) is 1. The van der Waals surface area contributed by atoms with Gasteiger partial charge in [0.05, 0.1) is 29.8 Å². The van der Waals surface area contributed by atoms with Crippen LogP contribution in [-0.4, -0.2) is 58.0 Å². The molecule has 0 aromatic heterocycles. The van der Waals surface area contributed by atoms with Crippen LogP contribution in [0.4, 0.5) is 18.9 Å². The van der Waals surface area contributed by atoms with Crippen LogP contribution < -0.4 is 21.7 Å². The van der Waals surface area contributed by atoms with E-state index in [0.29, 0.717) is 42.0 Å². The Labute approximate surface area is 298 Å². The van der Waals surface area contributed by atoms with Crippen LogP contribution in [0.2, 0.25) is 0 Å². The van der Waals surface area contributed by atoms with Crippen LogP contribution in [-0.2, 0) is 33.9 Å². The van der Waals surface area contributed by atoms with Gasteiger partial charge < -0.3 is 16.2 Å². The maximum absolute atomic E-state index is 13.5. The van der Waals surface area contributed by atoms with Crippen molar-refractivity contribution >= 4 is 22.6 Å². The van der Waals surface area contributed by atoms with Crippen molar-refractivity contribution in [1.82, 2.24) is 20.3 Å². The molecule has 1 fully saturated rings. The fraction of sp³-hybridized carbons (Fsp3) is 0.500. The average Bonchev–Trinajstić information content (AvgIpc) is 3.03. The molecule has 276 valence electrons. The number of rotatable bonds is 16. The summed E-state index contributed by atoms with van der Waals surface area (Å²) in [7, 11) is -1.53. The standard InChI is InChI=1S/C34H44F3N5O3S.C4H10/c1-24(2)21-42(46(45)29-14-12-28(38)13-15-29)22-31(43)30(18-25-8-4-3-5-9-25)39-23-40-32(44)20-41-33(16-7-17-33)26-10-6-11-27(19-26)34(35,36)37;1-4(2)3/h3-6,8-15,19,24,30-31,39,41,43H,7,16-18,20-23,38H2,1-2H3,(H,40,44);4H,1-3H3/t30-,31+,46?;/m0./s1. The van der Waals surface area contributed by atoms with Crippen LogP contribution in [0.15, 0.2) is 83.8 Å². The Morgan fingerprint density at radius 3 is 2.16 bits per heavy atom. The molecule has 0 saturated heterocycles. The molecule has 3 aromatic rings.